The number of ether oxygens (including phenoxy) is 4. The summed E-state index contributed by atoms with van der Waals surface area (Å²) in [6, 6.07) is 9.07. The van der Waals surface area contributed by atoms with Crippen LogP contribution in [-0.2, 0) is 11.3 Å². The standard InChI is InChI=1S/C21H22ClNO5/c1-25-17-6-3-5-15(20(17)26-2)7-8-19(24)23-13-14-11-16(22)21-18(12-14)27-9-4-10-28-21/h3,5-8,11-12H,4,9-10,13H2,1-2H3,(H,23,24)/b8-7+. The van der Waals surface area contributed by atoms with Crippen molar-refractivity contribution in [3.63, 3.8) is 0 Å². The zero-order chi connectivity index (χ0) is 19.9. The Morgan fingerprint density at radius 2 is 2.04 bits per heavy atom. The molecule has 0 saturated heterocycles. The van der Waals surface area contributed by atoms with Crippen molar-refractivity contribution in [3.8, 4) is 23.0 Å². The molecule has 0 bridgehead atoms. The number of carbonyl (C=O) groups is 1. The van der Waals surface area contributed by atoms with Crippen LogP contribution < -0.4 is 24.3 Å². The Morgan fingerprint density at radius 1 is 1.21 bits per heavy atom. The number of rotatable bonds is 6. The molecule has 2 aromatic carbocycles. The average molecular weight is 404 g/mol. The minimum Gasteiger partial charge on any atom is -0.493 e. The van der Waals surface area contributed by atoms with Gasteiger partial charge >= 0.3 is 0 Å². The molecule has 1 amide bonds. The largest absolute Gasteiger partial charge is 0.493 e. The molecule has 1 N–H and O–H groups in total. The van der Waals surface area contributed by atoms with Crippen LogP contribution in [0, 0.1) is 0 Å². The average Bonchev–Trinajstić information content (AvgIpc) is 2.96. The summed E-state index contributed by atoms with van der Waals surface area (Å²) in [7, 11) is 3.13. The van der Waals surface area contributed by atoms with E-state index in [9.17, 15) is 4.79 Å². The molecule has 0 atom stereocenters. The van der Waals surface area contributed by atoms with Gasteiger partial charge in [-0.2, -0.15) is 0 Å². The van der Waals surface area contributed by atoms with E-state index < -0.39 is 0 Å². The van der Waals surface area contributed by atoms with Gasteiger partial charge < -0.3 is 24.3 Å². The smallest absolute Gasteiger partial charge is 0.244 e. The van der Waals surface area contributed by atoms with Gasteiger partial charge in [-0.1, -0.05) is 23.7 Å². The second kappa shape index (κ2) is 9.37. The summed E-state index contributed by atoms with van der Waals surface area (Å²) in [5.74, 6) is 2.09. The molecule has 0 aliphatic carbocycles. The van der Waals surface area contributed by atoms with E-state index in [0.717, 1.165) is 17.5 Å². The van der Waals surface area contributed by atoms with Crippen molar-refractivity contribution in [2.75, 3.05) is 27.4 Å². The van der Waals surface area contributed by atoms with E-state index in [2.05, 4.69) is 5.32 Å². The first-order valence-corrected chi connectivity index (χ1v) is 9.25. The summed E-state index contributed by atoms with van der Waals surface area (Å²) in [6.45, 7) is 1.46. The number of hydrogen-bond donors (Lipinski definition) is 1. The number of amides is 1. The van der Waals surface area contributed by atoms with Crippen LogP contribution in [0.2, 0.25) is 5.02 Å². The Balaban J connectivity index is 1.66. The van der Waals surface area contributed by atoms with Crippen LogP contribution in [0.4, 0.5) is 0 Å². The molecule has 7 heteroatoms. The molecule has 0 saturated carbocycles. The van der Waals surface area contributed by atoms with Crippen molar-refractivity contribution in [1.29, 1.82) is 0 Å². The van der Waals surface area contributed by atoms with E-state index in [-0.39, 0.29) is 5.91 Å². The Morgan fingerprint density at radius 3 is 2.82 bits per heavy atom. The zero-order valence-electron chi connectivity index (χ0n) is 15.8. The molecule has 3 rings (SSSR count). The third-order valence-corrected chi connectivity index (χ3v) is 4.46. The molecule has 1 aliphatic rings. The predicted molar refractivity (Wildman–Crippen MR) is 107 cm³/mol. The van der Waals surface area contributed by atoms with Gasteiger partial charge in [-0.25, -0.2) is 0 Å². The number of benzene rings is 2. The Kier molecular flexibility index (Phi) is 6.66. The maximum Gasteiger partial charge on any atom is 0.244 e. The number of halogens is 1. The molecular weight excluding hydrogens is 382 g/mol. The van der Waals surface area contributed by atoms with Crippen LogP contribution in [0.5, 0.6) is 23.0 Å². The highest BCUT2D eigenvalue weighted by molar-refractivity contribution is 6.32. The van der Waals surface area contributed by atoms with E-state index >= 15 is 0 Å². The summed E-state index contributed by atoms with van der Waals surface area (Å²) < 4.78 is 21.9. The number of carbonyl (C=O) groups excluding carboxylic acids is 1. The first-order valence-electron chi connectivity index (χ1n) is 8.87. The fourth-order valence-corrected chi connectivity index (χ4v) is 3.13. The molecule has 0 radical (unpaired) electrons. The summed E-state index contributed by atoms with van der Waals surface area (Å²) in [4.78, 5) is 12.2. The predicted octanol–water partition coefficient (Wildman–Crippen LogP) is 3.85. The highest BCUT2D eigenvalue weighted by Gasteiger charge is 2.15. The van der Waals surface area contributed by atoms with Crippen LogP contribution in [0.3, 0.4) is 0 Å². The summed E-state index contributed by atoms with van der Waals surface area (Å²) in [5.41, 5.74) is 1.57. The lowest BCUT2D eigenvalue weighted by molar-refractivity contribution is -0.116. The van der Waals surface area contributed by atoms with Crippen molar-refractivity contribution in [2.24, 2.45) is 0 Å². The number of fused-ring (bicyclic) bond motifs is 1. The van der Waals surface area contributed by atoms with Gasteiger partial charge in [-0.15, -0.1) is 0 Å². The molecule has 0 unspecified atom stereocenters. The molecule has 148 valence electrons. The van der Waals surface area contributed by atoms with Gasteiger partial charge in [0.25, 0.3) is 0 Å². The maximum absolute atomic E-state index is 12.2. The minimum atomic E-state index is -0.242. The monoisotopic (exact) mass is 403 g/mol. The Bertz CT molecular complexity index is 881. The van der Waals surface area contributed by atoms with E-state index in [1.807, 2.05) is 18.2 Å². The van der Waals surface area contributed by atoms with Crippen molar-refractivity contribution in [1.82, 2.24) is 5.32 Å². The second-order valence-corrected chi connectivity index (χ2v) is 6.50. The molecule has 1 aliphatic heterocycles. The molecule has 0 spiro atoms. The van der Waals surface area contributed by atoms with Crippen molar-refractivity contribution in [2.45, 2.75) is 13.0 Å². The number of para-hydroxylation sites is 1. The van der Waals surface area contributed by atoms with Gasteiger partial charge in [-0.05, 0) is 29.8 Å². The van der Waals surface area contributed by atoms with Crippen molar-refractivity contribution in [3.05, 3.63) is 52.6 Å². The first-order chi connectivity index (χ1) is 13.6. The third-order valence-electron chi connectivity index (χ3n) is 4.18. The van der Waals surface area contributed by atoms with Gasteiger partial charge in [0.15, 0.2) is 23.0 Å². The quantitative estimate of drug-likeness (QED) is 0.742. The fourth-order valence-electron chi connectivity index (χ4n) is 2.84. The van der Waals surface area contributed by atoms with E-state index in [1.165, 1.54) is 6.08 Å². The van der Waals surface area contributed by atoms with E-state index in [1.54, 1.807) is 32.4 Å². The fraction of sp³-hybridized carbons (Fsp3) is 0.286. The maximum atomic E-state index is 12.2. The van der Waals surface area contributed by atoms with Crippen LogP contribution in [0.1, 0.15) is 17.5 Å². The van der Waals surface area contributed by atoms with Crippen LogP contribution >= 0.6 is 11.6 Å². The highest BCUT2D eigenvalue weighted by atomic mass is 35.5. The molecule has 1 heterocycles. The summed E-state index contributed by atoms with van der Waals surface area (Å²) >= 11 is 6.28. The Hall–Kier alpha value is -2.86. The molecule has 0 fully saturated rings. The summed E-state index contributed by atoms with van der Waals surface area (Å²) in [6.07, 6.45) is 3.93. The molecular formula is C21H22ClNO5. The SMILES string of the molecule is COc1cccc(/C=C/C(=O)NCc2cc(Cl)c3c(c2)OCCCO3)c1OC. The summed E-state index contributed by atoms with van der Waals surface area (Å²) in [5, 5.41) is 3.30. The third kappa shape index (κ3) is 4.70. The van der Waals surface area contributed by atoms with E-state index in [0.29, 0.717) is 47.8 Å². The lowest BCUT2D eigenvalue weighted by Gasteiger charge is -2.12. The lowest BCUT2D eigenvalue weighted by Crippen LogP contribution is -2.20. The number of hydrogen-bond acceptors (Lipinski definition) is 5. The van der Waals surface area contributed by atoms with Gasteiger partial charge in [0.05, 0.1) is 32.5 Å². The molecule has 28 heavy (non-hydrogen) atoms. The molecule has 2 aromatic rings. The Labute approximate surface area is 169 Å². The van der Waals surface area contributed by atoms with Gasteiger partial charge in [0.1, 0.15) is 0 Å². The normalized spacial score (nSPS) is 13.1. The topological polar surface area (TPSA) is 66.0 Å². The van der Waals surface area contributed by atoms with Crippen LogP contribution in [0.15, 0.2) is 36.4 Å². The van der Waals surface area contributed by atoms with Crippen molar-refractivity contribution < 1.29 is 23.7 Å². The van der Waals surface area contributed by atoms with Gasteiger partial charge in [-0.3, -0.25) is 4.79 Å². The van der Waals surface area contributed by atoms with Crippen molar-refractivity contribution >= 4 is 23.6 Å². The zero-order valence-corrected chi connectivity index (χ0v) is 16.5. The number of methoxy groups -OCH3 is 2. The molecule has 0 aromatic heterocycles. The first kappa shape index (κ1) is 19.9. The van der Waals surface area contributed by atoms with E-state index in [4.69, 9.17) is 30.5 Å². The minimum absolute atomic E-state index is 0.242. The van der Waals surface area contributed by atoms with Crippen LogP contribution in [0.25, 0.3) is 6.08 Å². The highest BCUT2D eigenvalue weighted by Crippen LogP contribution is 2.38. The van der Waals surface area contributed by atoms with Crippen LogP contribution in [-0.4, -0.2) is 33.3 Å². The second-order valence-electron chi connectivity index (χ2n) is 6.09. The lowest BCUT2D eigenvalue weighted by atomic mass is 10.1. The number of nitrogens with one attached hydrogen (secondary N) is 1. The van der Waals surface area contributed by atoms with Gasteiger partial charge in [0.2, 0.25) is 5.91 Å². The molecule has 6 nitrogen and oxygen atoms in total. The van der Waals surface area contributed by atoms with Gasteiger partial charge in [0, 0.05) is 24.6 Å².